The molecule has 3 aromatic rings. The lowest BCUT2D eigenvalue weighted by atomic mass is 10.0. The van der Waals surface area contributed by atoms with Gasteiger partial charge in [0.2, 0.25) is 12.7 Å². The van der Waals surface area contributed by atoms with Gasteiger partial charge in [-0.05, 0) is 48.2 Å². The Balaban J connectivity index is 1.36. The molecule has 5 rings (SSSR count). The van der Waals surface area contributed by atoms with E-state index in [0.717, 1.165) is 44.8 Å². The summed E-state index contributed by atoms with van der Waals surface area (Å²) in [5.41, 5.74) is 4.35. The van der Waals surface area contributed by atoms with E-state index in [0.29, 0.717) is 39.5 Å². The highest BCUT2D eigenvalue weighted by Gasteiger charge is 2.25. The summed E-state index contributed by atoms with van der Waals surface area (Å²) in [4.78, 5) is 23.8. The molecule has 10 nitrogen and oxygen atoms in total. The van der Waals surface area contributed by atoms with Crippen LogP contribution in [0, 0.1) is 0 Å². The number of carbonyl (C=O) groups is 1. The third-order valence-corrected chi connectivity index (χ3v) is 6.74. The van der Waals surface area contributed by atoms with Gasteiger partial charge in [-0.2, -0.15) is 4.98 Å². The Labute approximate surface area is 220 Å². The Kier molecular flexibility index (Phi) is 7.59. The van der Waals surface area contributed by atoms with Gasteiger partial charge in [-0.1, -0.05) is 17.7 Å². The molecule has 0 bridgehead atoms. The van der Waals surface area contributed by atoms with Crippen LogP contribution in [0.15, 0.2) is 36.5 Å². The van der Waals surface area contributed by atoms with Gasteiger partial charge in [0, 0.05) is 39.5 Å². The predicted molar refractivity (Wildman–Crippen MR) is 142 cm³/mol. The second-order valence-electron chi connectivity index (χ2n) is 8.76. The van der Waals surface area contributed by atoms with Crippen molar-refractivity contribution in [1.82, 2.24) is 20.2 Å². The molecule has 0 atom stereocenters. The molecule has 0 fully saturated rings. The van der Waals surface area contributed by atoms with E-state index in [1.807, 2.05) is 6.07 Å². The Morgan fingerprint density at radius 1 is 1.14 bits per heavy atom. The van der Waals surface area contributed by atoms with E-state index < -0.39 is 0 Å². The lowest BCUT2D eigenvalue weighted by molar-refractivity contribution is 0.0963. The zero-order valence-electron chi connectivity index (χ0n) is 20.8. The summed E-state index contributed by atoms with van der Waals surface area (Å²) >= 11 is 6.43. The summed E-state index contributed by atoms with van der Waals surface area (Å²) in [7, 11) is 3.30. The van der Waals surface area contributed by atoms with E-state index in [-0.39, 0.29) is 12.7 Å². The van der Waals surface area contributed by atoms with Crippen molar-refractivity contribution in [2.24, 2.45) is 0 Å². The van der Waals surface area contributed by atoms with Gasteiger partial charge in [-0.3, -0.25) is 4.79 Å². The molecule has 0 saturated carbocycles. The number of carbonyl (C=O) groups excluding carboxylic acids is 1. The highest BCUT2D eigenvalue weighted by molar-refractivity contribution is 6.33. The van der Waals surface area contributed by atoms with Crippen molar-refractivity contribution in [3.8, 4) is 11.5 Å². The van der Waals surface area contributed by atoms with Crippen molar-refractivity contribution in [3.63, 3.8) is 0 Å². The fourth-order valence-electron chi connectivity index (χ4n) is 4.48. The van der Waals surface area contributed by atoms with Crippen LogP contribution in [0.4, 0.5) is 23.1 Å². The molecule has 1 amide bonds. The topological polar surface area (TPSA) is 110 Å². The minimum absolute atomic E-state index is 0.0635. The van der Waals surface area contributed by atoms with Crippen molar-refractivity contribution < 1.29 is 19.0 Å². The van der Waals surface area contributed by atoms with Gasteiger partial charge in [0.1, 0.15) is 5.02 Å². The largest absolute Gasteiger partial charge is 0.454 e. The first kappa shape index (κ1) is 25.1. The van der Waals surface area contributed by atoms with Gasteiger partial charge in [-0.15, -0.1) is 0 Å². The lowest BCUT2D eigenvalue weighted by Crippen LogP contribution is -2.29. The van der Waals surface area contributed by atoms with E-state index in [1.165, 1.54) is 17.3 Å². The molecule has 0 saturated heterocycles. The number of rotatable bonds is 8. The van der Waals surface area contributed by atoms with E-state index in [4.69, 9.17) is 25.8 Å². The Bertz CT molecular complexity index is 1300. The Morgan fingerprint density at radius 3 is 2.78 bits per heavy atom. The SMILES string of the molecule is CNC(=O)c1ccc2c(c1Nc1nc(Nc3ccc4c(c3)CCN(CCOC)CC4)ncc1Cl)OCO2. The normalized spacial score (nSPS) is 14.6. The third-order valence-electron chi connectivity index (χ3n) is 6.47. The molecule has 0 spiro atoms. The van der Waals surface area contributed by atoms with E-state index in [1.54, 1.807) is 26.3 Å². The first-order valence-electron chi connectivity index (χ1n) is 12.1. The number of nitrogens with zero attached hydrogens (tertiary/aromatic N) is 3. The molecule has 0 aliphatic carbocycles. The molecule has 11 heteroatoms. The van der Waals surface area contributed by atoms with E-state index >= 15 is 0 Å². The highest BCUT2D eigenvalue weighted by Crippen LogP contribution is 2.43. The number of anilines is 4. The number of methoxy groups -OCH3 is 1. The minimum Gasteiger partial charge on any atom is -0.454 e. The predicted octanol–water partition coefficient (Wildman–Crippen LogP) is 3.75. The molecule has 194 valence electrons. The van der Waals surface area contributed by atoms with Crippen LogP contribution in [0.2, 0.25) is 5.02 Å². The number of amides is 1. The van der Waals surface area contributed by atoms with Gasteiger partial charge in [-0.25, -0.2) is 4.98 Å². The monoisotopic (exact) mass is 524 g/mol. The number of nitrogens with one attached hydrogen (secondary N) is 3. The zero-order valence-corrected chi connectivity index (χ0v) is 21.5. The first-order valence-corrected chi connectivity index (χ1v) is 12.5. The van der Waals surface area contributed by atoms with Gasteiger partial charge < -0.3 is 35.1 Å². The average molecular weight is 525 g/mol. The number of hydrogen-bond acceptors (Lipinski definition) is 9. The second kappa shape index (κ2) is 11.2. The highest BCUT2D eigenvalue weighted by atomic mass is 35.5. The van der Waals surface area contributed by atoms with Crippen LogP contribution in [0.1, 0.15) is 21.5 Å². The quantitative estimate of drug-likeness (QED) is 0.405. The average Bonchev–Trinajstić information content (AvgIpc) is 3.31. The molecule has 0 unspecified atom stereocenters. The summed E-state index contributed by atoms with van der Waals surface area (Å²) < 4.78 is 16.3. The smallest absolute Gasteiger partial charge is 0.253 e. The molecular weight excluding hydrogens is 496 g/mol. The summed E-state index contributed by atoms with van der Waals surface area (Å²) in [5, 5.41) is 9.37. The van der Waals surface area contributed by atoms with Crippen molar-refractivity contribution in [1.29, 1.82) is 0 Å². The van der Waals surface area contributed by atoms with Gasteiger partial charge in [0.05, 0.1) is 24.1 Å². The van der Waals surface area contributed by atoms with E-state index in [2.05, 4.69) is 43.0 Å². The fraction of sp³-hybridized carbons (Fsp3) is 0.346. The summed E-state index contributed by atoms with van der Waals surface area (Å²) in [5.74, 6) is 1.38. The van der Waals surface area contributed by atoms with Crippen LogP contribution in [0.3, 0.4) is 0 Å². The number of benzene rings is 2. The van der Waals surface area contributed by atoms with Crippen LogP contribution >= 0.6 is 11.6 Å². The molecule has 2 aliphatic heterocycles. The number of hydrogen-bond donors (Lipinski definition) is 3. The van der Waals surface area contributed by atoms with E-state index in [9.17, 15) is 4.79 Å². The van der Waals surface area contributed by atoms with Crippen molar-refractivity contribution >= 4 is 40.6 Å². The summed E-state index contributed by atoms with van der Waals surface area (Å²) in [6.07, 6.45) is 3.48. The number of aromatic nitrogens is 2. The molecule has 0 radical (unpaired) electrons. The maximum atomic E-state index is 12.5. The standard InChI is InChI=1S/C26H29ClN6O4/c1-28-25(34)19-5-6-21-23(37-15-36-21)22(19)31-24-20(27)14-29-26(32-24)30-18-4-3-16-7-9-33(11-12-35-2)10-8-17(16)13-18/h3-6,13-14H,7-12,15H2,1-2H3,(H,28,34)(H2,29,30,31,32). The molecule has 1 aromatic heterocycles. The van der Waals surface area contributed by atoms with Crippen LogP contribution in [-0.4, -0.2) is 68.0 Å². The van der Waals surface area contributed by atoms with Crippen LogP contribution in [-0.2, 0) is 17.6 Å². The minimum atomic E-state index is -0.282. The molecule has 2 aliphatic rings. The molecule has 2 aromatic carbocycles. The van der Waals surface area contributed by atoms with Crippen molar-refractivity contribution in [3.05, 3.63) is 58.2 Å². The molecular formula is C26H29ClN6O4. The fourth-order valence-corrected chi connectivity index (χ4v) is 4.61. The van der Waals surface area contributed by atoms with Gasteiger partial charge >= 0.3 is 0 Å². The van der Waals surface area contributed by atoms with Crippen molar-refractivity contribution in [2.45, 2.75) is 12.8 Å². The zero-order chi connectivity index (χ0) is 25.8. The molecule has 3 N–H and O–H groups in total. The third kappa shape index (κ3) is 5.56. The molecule has 37 heavy (non-hydrogen) atoms. The Morgan fingerprint density at radius 2 is 1.97 bits per heavy atom. The maximum Gasteiger partial charge on any atom is 0.253 e. The lowest BCUT2D eigenvalue weighted by Gasteiger charge is -2.18. The molecule has 3 heterocycles. The van der Waals surface area contributed by atoms with Crippen LogP contribution in [0.25, 0.3) is 0 Å². The second-order valence-corrected chi connectivity index (χ2v) is 9.17. The summed E-state index contributed by atoms with van der Waals surface area (Å²) in [6.45, 7) is 3.75. The van der Waals surface area contributed by atoms with Crippen LogP contribution < -0.4 is 25.4 Å². The number of halogens is 1. The first-order chi connectivity index (χ1) is 18.1. The van der Waals surface area contributed by atoms with Crippen molar-refractivity contribution in [2.75, 3.05) is 57.8 Å². The number of ether oxygens (including phenoxy) is 3. The maximum absolute atomic E-state index is 12.5. The Hall–Kier alpha value is -3.60. The van der Waals surface area contributed by atoms with Crippen LogP contribution in [0.5, 0.6) is 11.5 Å². The number of fused-ring (bicyclic) bond motifs is 2. The summed E-state index contributed by atoms with van der Waals surface area (Å²) in [6, 6.07) is 9.70. The van der Waals surface area contributed by atoms with Gasteiger partial charge in [0.15, 0.2) is 17.3 Å². The van der Waals surface area contributed by atoms with Gasteiger partial charge in [0.25, 0.3) is 5.91 Å².